The van der Waals surface area contributed by atoms with Crippen LogP contribution < -0.4 is 5.73 Å². The molecule has 0 heterocycles. The molecule has 0 saturated heterocycles. The van der Waals surface area contributed by atoms with Crippen LogP contribution >= 0.6 is 0 Å². The maximum Gasteiger partial charge on any atom is 0.104 e. The summed E-state index contributed by atoms with van der Waals surface area (Å²) in [4.78, 5) is 0. The first kappa shape index (κ1) is 14.1. The number of hydrogen-bond acceptors (Lipinski definition) is 4. The molecule has 17 heavy (non-hydrogen) atoms. The Balaban J connectivity index is 2.46. The minimum absolute atomic E-state index is 0.185. The molecular weight excluding hydrogens is 218 g/mol. The number of rotatable bonds is 8. The fourth-order valence-corrected chi connectivity index (χ4v) is 1.60. The monoisotopic (exact) mass is 239 g/mol. The van der Waals surface area contributed by atoms with Gasteiger partial charge in [-0.25, -0.2) is 0 Å². The molecule has 3 N–H and O–H groups in total. The van der Waals surface area contributed by atoms with Crippen molar-refractivity contribution in [3.8, 4) is 0 Å². The van der Waals surface area contributed by atoms with Crippen molar-refractivity contribution in [2.24, 2.45) is 5.73 Å². The average Bonchev–Trinajstić information content (AvgIpc) is 2.39. The van der Waals surface area contributed by atoms with E-state index in [1.807, 2.05) is 30.3 Å². The first-order valence-electron chi connectivity index (χ1n) is 5.77. The van der Waals surface area contributed by atoms with Crippen molar-refractivity contribution < 1.29 is 14.6 Å². The number of aliphatic hydroxyl groups is 1. The molecule has 0 amide bonds. The van der Waals surface area contributed by atoms with Crippen LogP contribution in [0.5, 0.6) is 0 Å². The predicted molar refractivity (Wildman–Crippen MR) is 66.7 cm³/mol. The molecule has 0 aliphatic rings. The molecule has 4 nitrogen and oxygen atoms in total. The highest BCUT2D eigenvalue weighted by atomic mass is 16.5. The van der Waals surface area contributed by atoms with E-state index in [0.29, 0.717) is 26.2 Å². The van der Waals surface area contributed by atoms with Gasteiger partial charge in [0.15, 0.2) is 0 Å². The Hall–Kier alpha value is -0.940. The van der Waals surface area contributed by atoms with Gasteiger partial charge >= 0.3 is 0 Å². The quantitative estimate of drug-likeness (QED) is 0.661. The minimum Gasteiger partial charge on any atom is -0.384 e. The van der Waals surface area contributed by atoms with Crippen molar-refractivity contribution in [1.29, 1.82) is 0 Å². The molecule has 96 valence electrons. The Morgan fingerprint density at radius 3 is 2.47 bits per heavy atom. The van der Waals surface area contributed by atoms with Gasteiger partial charge in [-0.15, -0.1) is 0 Å². The Morgan fingerprint density at radius 1 is 1.18 bits per heavy atom. The van der Waals surface area contributed by atoms with Gasteiger partial charge in [0, 0.05) is 26.7 Å². The van der Waals surface area contributed by atoms with E-state index in [1.165, 1.54) is 0 Å². The second-order valence-corrected chi connectivity index (χ2v) is 3.96. The Bertz CT molecular complexity index is 305. The molecule has 0 spiro atoms. The molecule has 0 aromatic heterocycles. The minimum atomic E-state index is -1.01. The molecule has 0 aliphatic heterocycles. The number of methoxy groups -OCH3 is 1. The second kappa shape index (κ2) is 7.40. The fourth-order valence-electron chi connectivity index (χ4n) is 1.60. The van der Waals surface area contributed by atoms with Crippen molar-refractivity contribution >= 4 is 0 Å². The van der Waals surface area contributed by atoms with Gasteiger partial charge in [0.1, 0.15) is 5.60 Å². The molecular formula is C13H21NO3. The summed E-state index contributed by atoms with van der Waals surface area (Å²) >= 11 is 0. The summed E-state index contributed by atoms with van der Waals surface area (Å²) in [6.45, 7) is 1.74. The van der Waals surface area contributed by atoms with E-state index >= 15 is 0 Å². The van der Waals surface area contributed by atoms with E-state index in [-0.39, 0.29) is 6.54 Å². The van der Waals surface area contributed by atoms with Crippen LogP contribution in [0.4, 0.5) is 0 Å². The van der Waals surface area contributed by atoms with E-state index in [2.05, 4.69) is 0 Å². The lowest BCUT2D eigenvalue weighted by molar-refractivity contribution is -0.00602. The zero-order valence-electron chi connectivity index (χ0n) is 10.3. The molecule has 1 atom stereocenters. The van der Waals surface area contributed by atoms with Crippen LogP contribution in [0.1, 0.15) is 12.0 Å². The van der Waals surface area contributed by atoms with E-state index in [0.717, 1.165) is 5.56 Å². The van der Waals surface area contributed by atoms with Crippen LogP contribution in [-0.2, 0) is 15.1 Å². The lowest BCUT2D eigenvalue weighted by Gasteiger charge is -2.27. The Labute approximate surface area is 102 Å². The van der Waals surface area contributed by atoms with Gasteiger partial charge in [0.2, 0.25) is 0 Å². The third-order valence-corrected chi connectivity index (χ3v) is 2.74. The van der Waals surface area contributed by atoms with Crippen LogP contribution in [0.25, 0.3) is 0 Å². The number of hydrogen-bond donors (Lipinski definition) is 2. The summed E-state index contributed by atoms with van der Waals surface area (Å²) in [6.07, 6.45) is 0.483. The first-order chi connectivity index (χ1) is 8.23. The summed E-state index contributed by atoms with van der Waals surface area (Å²) in [5.74, 6) is 0. The SMILES string of the molecule is COCCOCCC(O)(CN)c1ccccc1. The van der Waals surface area contributed by atoms with Gasteiger partial charge in [-0.2, -0.15) is 0 Å². The lowest BCUT2D eigenvalue weighted by Crippen LogP contribution is -2.36. The summed E-state index contributed by atoms with van der Waals surface area (Å²) in [5.41, 5.74) is 5.48. The standard InChI is InChI=1S/C13H21NO3/c1-16-9-10-17-8-7-13(15,11-14)12-5-3-2-4-6-12/h2-6,15H,7-11,14H2,1H3. The third-order valence-electron chi connectivity index (χ3n) is 2.74. The van der Waals surface area contributed by atoms with Gasteiger partial charge < -0.3 is 20.3 Å². The zero-order valence-corrected chi connectivity index (χ0v) is 10.3. The maximum absolute atomic E-state index is 10.4. The first-order valence-corrected chi connectivity index (χ1v) is 5.77. The molecule has 1 unspecified atom stereocenters. The van der Waals surface area contributed by atoms with Crippen LogP contribution in [0.2, 0.25) is 0 Å². The van der Waals surface area contributed by atoms with Crippen molar-refractivity contribution in [1.82, 2.24) is 0 Å². The summed E-state index contributed by atoms with van der Waals surface area (Å²) in [7, 11) is 1.63. The van der Waals surface area contributed by atoms with Crippen molar-refractivity contribution in [2.75, 3.05) is 33.5 Å². The van der Waals surface area contributed by atoms with Crippen molar-refractivity contribution in [2.45, 2.75) is 12.0 Å². The predicted octanol–water partition coefficient (Wildman–Crippen LogP) is 0.886. The van der Waals surface area contributed by atoms with Crippen LogP contribution in [-0.4, -0.2) is 38.6 Å². The second-order valence-electron chi connectivity index (χ2n) is 3.96. The topological polar surface area (TPSA) is 64.7 Å². The summed E-state index contributed by atoms with van der Waals surface area (Å²) in [5, 5.41) is 10.4. The normalized spacial score (nSPS) is 14.5. The summed E-state index contributed by atoms with van der Waals surface area (Å²) in [6, 6.07) is 9.45. The van der Waals surface area contributed by atoms with Gasteiger partial charge in [-0.3, -0.25) is 0 Å². The molecule has 0 bridgehead atoms. The largest absolute Gasteiger partial charge is 0.384 e. The molecule has 0 fully saturated rings. The molecule has 0 saturated carbocycles. The highest BCUT2D eigenvalue weighted by molar-refractivity contribution is 5.22. The highest BCUT2D eigenvalue weighted by Gasteiger charge is 2.26. The third kappa shape index (κ3) is 4.44. The van der Waals surface area contributed by atoms with Crippen LogP contribution in [0.15, 0.2) is 30.3 Å². The van der Waals surface area contributed by atoms with Crippen molar-refractivity contribution in [3.63, 3.8) is 0 Å². The summed E-state index contributed by atoms with van der Waals surface area (Å²) < 4.78 is 10.2. The highest BCUT2D eigenvalue weighted by Crippen LogP contribution is 2.23. The van der Waals surface area contributed by atoms with E-state index in [1.54, 1.807) is 7.11 Å². The average molecular weight is 239 g/mol. The molecule has 1 aromatic rings. The zero-order chi connectivity index (χ0) is 12.6. The Kier molecular flexibility index (Phi) is 6.15. The van der Waals surface area contributed by atoms with Gasteiger partial charge in [0.25, 0.3) is 0 Å². The van der Waals surface area contributed by atoms with E-state index < -0.39 is 5.60 Å². The van der Waals surface area contributed by atoms with Gasteiger partial charge in [-0.1, -0.05) is 30.3 Å². The van der Waals surface area contributed by atoms with E-state index in [9.17, 15) is 5.11 Å². The number of benzene rings is 1. The fraction of sp³-hybridized carbons (Fsp3) is 0.538. The molecule has 4 heteroatoms. The van der Waals surface area contributed by atoms with Crippen molar-refractivity contribution in [3.05, 3.63) is 35.9 Å². The number of nitrogens with two attached hydrogens (primary N) is 1. The maximum atomic E-state index is 10.4. The van der Waals surface area contributed by atoms with Crippen LogP contribution in [0.3, 0.4) is 0 Å². The molecule has 1 rings (SSSR count). The van der Waals surface area contributed by atoms with Crippen LogP contribution in [0, 0.1) is 0 Å². The smallest absolute Gasteiger partial charge is 0.104 e. The lowest BCUT2D eigenvalue weighted by atomic mass is 9.91. The van der Waals surface area contributed by atoms with Gasteiger partial charge in [0.05, 0.1) is 13.2 Å². The van der Waals surface area contributed by atoms with E-state index in [4.69, 9.17) is 15.2 Å². The molecule has 0 aliphatic carbocycles. The molecule has 0 radical (unpaired) electrons. The number of ether oxygens (including phenoxy) is 2. The Morgan fingerprint density at radius 2 is 1.88 bits per heavy atom. The van der Waals surface area contributed by atoms with Gasteiger partial charge in [-0.05, 0) is 5.56 Å². The molecule has 1 aromatic carbocycles.